The molecule has 90 valence electrons. The van der Waals surface area contributed by atoms with E-state index in [0.717, 1.165) is 31.4 Å². The van der Waals surface area contributed by atoms with Gasteiger partial charge in [-0.2, -0.15) is 0 Å². The van der Waals surface area contributed by atoms with Gasteiger partial charge in [0.15, 0.2) is 0 Å². The first-order valence-corrected chi connectivity index (χ1v) is 5.84. The van der Waals surface area contributed by atoms with Crippen molar-refractivity contribution < 1.29 is 0 Å². The van der Waals surface area contributed by atoms with Gasteiger partial charge in [-0.25, -0.2) is 9.78 Å². The first-order valence-electron chi connectivity index (χ1n) is 5.84. The zero-order chi connectivity index (χ0) is 12.0. The maximum Gasteiger partial charge on any atom is 0.347 e. The quantitative estimate of drug-likeness (QED) is 0.740. The highest BCUT2D eigenvalue weighted by Gasteiger charge is 2.00. The predicted molar refractivity (Wildman–Crippen MR) is 65.6 cm³/mol. The summed E-state index contributed by atoms with van der Waals surface area (Å²) in [6.07, 6.45) is 6.78. The Morgan fingerprint density at radius 1 is 1.50 bits per heavy atom. The molecular weight excluding hydrogens is 202 g/mol. The van der Waals surface area contributed by atoms with Crippen LogP contribution in [0.3, 0.4) is 0 Å². The van der Waals surface area contributed by atoms with Crippen LogP contribution >= 0.6 is 0 Å². The third-order valence-corrected chi connectivity index (χ3v) is 2.76. The standard InChI is InChI=1S/C12H21N3O/c1-10-8-14-12(16)15(9-10)7-5-4-6-11(2)13-3/h8-9,11,13H,4-7H2,1-3H3. The summed E-state index contributed by atoms with van der Waals surface area (Å²) in [7, 11) is 1.97. The molecule has 0 aliphatic rings. The Morgan fingerprint density at radius 2 is 2.25 bits per heavy atom. The van der Waals surface area contributed by atoms with Crippen molar-refractivity contribution in [3.63, 3.8) is 0 Å². The van der Waals surface area contributed by atoms with E-state index in [1.165, 1.54) is 0 Å². The van der Waals surface area contributed by atoms with E-state index in [-0.39, 0.29) is 5.69 Å². The molecule has 0 aromatic carbocycles. The van der Waals surface area contributed by atoms with Crippen LogP contribution in [-0.2, 0) is 6.54 Å². The summed E-state index contributed by atoms with van der Waals surface area (Å²) in [5.74, 6) is 0. The van der Waals surface area contributed by atoms with Gasteiger partial charge in [-0.1, -0.05) is 6.42 Å². The summed E-state index contributed by atoms with van der Waals surface area (Å²) < 4.78 is 1.69. The van der Waals surface area contributed by atoms with E-state index in [1.807, 2.05) is 20.2 Å². The molecule has 16 heavy (non-hydrogen) atoms. The Kier molecular flexibility index (Phi) is 5.19. The number of aryl methyl sites for hydroxylation is 2. The van der Waals surface area contributed by atoms with Gasteiger partial charge in [-0.3, -0.25) is 4.57 Å². The Bertz CT molecular complexity index is 373. The molecule has 0 fully saturated rings. The summed E-state index contributed by atoms with van der Waals surface area (Å²) in [4.78, 5) is 15.2. The predicted octanol–water partition coefficient (Wildman–Crippen LogP) is 1.33. The minimum Gasteiger partial charge on any atom is -0.317 e. The molecule has 1 rings (SSSR count). The minimum atomic E-state index is -0.146. The largest absolute Gasteiger partial charge is 0.347 e. The highest BCUT2D eigenvalue weighted by molar-refractivity contribution is 4.99. The van der Waals surface area contributed by atoms with Crippen molar-refractivity contribution in [2.45, 2.75) is 45.7 Å². The van der Waals surface area contributed by atoms with Crippen LogP contribution in [0.1, 0.15) is 31.7 Å². The highest BCUT2D eigenvalue weighted by Crippen LogP contribution is 2.01. The SMILES string of the molecule is CNC(C)CCCCn1cc(C)cnc1=O. The molecule has 0 saturated heterocycles. The Hall–Kier alpha value is -1.16. The van der Waals surface area contributed by atoms with Gasteiger partial charge >= 0.3 is 5.69 Å². The second kappa shape index (κ2) is 6.43. The summed E-state index contributed by atoms with van der Waals surface area (Å²) in [5.41, 5.74) is 0.885. The number of unbranched alkanes of at least 4 members (excludes halogenated alkanes) is 1. The average Bonchev–Trinajstić information content (AvgIpc) is 2.28. The van der Waals surface area contributed by atoms with Crippen molar-refractivity contribution in [1.82, 2.24) is 14.9 Å². The summed E-state index contributed by atoms with van der Waals surface area (Å²) >= 11 is 0. The number of aromatic nitrogens is 2. The Labute approximate surface area is 96.7 Å². The molecule has 4 nitrogen and oxygen atoms in total. The summed E-state index contributed by atoms with van der Waals surface area (Å²) in [5, 5.41) is 3.20. The topological polar surface area (TPSA) is 46.9 Å². The maximum atomic E-state index is 11.4. The first kappa shape index (κ1) is 12.9. The van der Waals surface area contributed by atoms with Crippen LogP contribution in [0.25, 0.3) is 0 Å². The van der Waals surface area contributed by atoms with Crippen LogP contribution in [0, 0.1) is 6.92 Å². The molecule has 1 N–H and O–H groups in total. The van der Waals surface area contributed by atoms with Gasteiger partial charge in [0, 0.05) is 25.0 Å². The van der Waals surface area contributed by atoms with Crippen molar-refractivity contribution in [3.8, 4) is 0 Å². The Balaban J connectivity index is 2.37. The Morgan fingerprint density at radius 3 is 2.94 bits per heavy atom. The molecule has 1 aromatic heterocycles. The lowest BCUT2D eigenvalue weighted by Gasteiger charge is -2.10. The van der Waals surface area contributed by atoms with E-state index in [2.05, 4.69) is 17.2 Å². The second-order valence-electron chi connectivity index (χ2n) is 4.29. The lowest BCUT2D eigenvalue weighted by atomic mass is 10.1. The van der Waals surface area contributed by atoms with Crippen molar-refractivity contribution in [2.75, 3.05) is 7.05 Å². The van der Waals surface area contributed by atoms with Crippen LogP contribution in [0.15, 0.2) is 17.2 Å². The molecule has 0 aliphatic heterocycles. The first-order chi connectivity index (χ1) is 7.63. The van der Waals surface area contributed by atoms with Crippen LogP contribution in [0.4, 0.5) is 0 Å². The molecule has 1 heterocycles. The molecule has 1 atom stereocenters. The molecule has 0 aliphatic carbocycles. The van der Waals surface area contributed by atoms with E-state index in [4.69, 9.17) is 0 Å². The van der Waals surface area contributed by atoms with Crippen LogP contribution in [0.2, 0.25) is 0 Å². The van der Waals surface area contributed by atoms with Gasteiger partial charge < -0.3 is 5.32 Å². The van der Waals surface area contributed by atoms with E-state index < -0.39 is 0 Å². The van der Waals surface area contributed by atoms with E-state index in [9.17, 15) is 4.79 Å². The highest BCUT2D eigenvalue weighted by atomic mass is 16.1. The summed E-state index contributed by atoms with van der Waals surface area (Å²) in [6, 6.07) is 0.548. The fraction of sp³-hybridized carbons (Fsp3) is 0.667. The zero-order valence-corrected chi connectivity index (χ0v) is 10.4. The second-order valence-corrected chi connectivity index (χ2v) is 4.29. The van der Waals surface area contributed by atoms with Crippen molar-refractivity contribution in [2.24, 2.45) is 0 Å². The molecule has 0 radical (unpaired) electrons. The van der Waals surface area contributed by atoms with Crippen molar-refractivity contribution in [3.05, 3.63) is 28.4 Å². The average molecular weight is 223 g/mol. The van der Waals surface area contributed by atoms with Gasteiger partial charge in [0.05, 0.1) is 0 Å². The number of hydrogen-bond donors (Lipinski definition) is 1. The molecule has 0 amide bonds. The zero-order valence-electron chi connectivity index (χ0n) is 10.4. The third kappa shape index (κ3) is 4.14. The van der Waals surface area contributed by atoms with Gasteiger partial charge in [0.1, 0.15) is 0 Å². The van der Waals surface area contributed by atoms with Gasteiger partial charge in [0.25, 0.3) is 0 Å². The lowest BCUT2D eigenvalue weighted by Crippen LogP contribution is -2.23. The molecule has 4 heteroatoms. The van der Waals surface area contributed by atoms with E-state index in [0.29, 0.717) is 6.04 Å². The van der Waals surface area contributed by atoms with E-state index >= 15 is 0 Å². The van der Waals surface area contributed by atoms with Gasteiger partial charge in [-0.05, 0) is 39.3 Å². The molecular formula is C12H21N3O. The van der Waals surface area contributed by atoms with Crippen LogP contribution in [0.5, 0.6) is 0 Å². The van der Waals surface area contributed by atoms with Crippen LogP contribution in [-0.4, -0.2) is 22.6 Å². The smallest absolute Gasteiger partial charge is 0.317 e. The fourth-order valence-corrected chi connectivity index (χ4v) is 1.60. The third-order valence-electron chi connectivity index (χ3n) is 2.76. The normalized spacial score (nSPS) is 12.7. The van der Waals surface area contributed by atoms with E-state index in [1.54, 1.807) is 10.8 Å². The molecule has 1 unspecified atom stereocenters. The fourth-order valence-electron chi connectivity index (χ4n) is 1.60. The van der Waals surface area contributed by atoms with Crippen molar-refractivity contribution >= 4 is 0 Å². The number of rotatable bonds is 6. The molecule has 1 aromatic rings. The maximum absolute atomic E-state index is 11.4. The number of nitrogens with zero attached hydrogens (tertiary/aromatic N) is 2. The van der Waals surface area contributed by atoms with Crippen molar-refractivity contribution in [1.29, 1.82) is 0 Å². The van der Waals surface area contributed by atoms with Crippen LogP contribution < -0.4 is 11.0 Å². The van der Waals surface area contributed by atoms with Gasteiger partial charge in [-0.15, -0.1) is 0 Å². The molecule has 0 bridgehead atoms. The minimum absolute atomic E-state index is 0.146. The number of hydrogen-bond acceptors (Lipinski definition) is 3. The molecule has 0 spiro atoms. The monoisotopic (exact) mass is 223 g/mol. The van der Waals surface area contributed by atoms with Gasteiger partial charge in [0.2, 0.25) is 0 Å². The molecule has 0 saturated carbocycles. The lowest BCUT2D eigenvalue weighted by molar-refractivity contribution is 0.498. The number of nitrogens with one attached hydrogen (secondary N) is 1. The summed E-state index contributed by atoms with van der Waals surface area (Å²) in [6.45, 7) is 4.89.